The third-order valence-electron chi connectivity index (χ3n) is 9.87. The van der Waals surface area contributed by atoms with Gasteiger partial charge in [0.15, 0.2) is 17.5 Å². The molecule has 0 bridgehead atoms. The summed E-state index contributed by atoms with van der Waals surface area (Å²) in [7, 11) is 31.4. The van der Waals surface area contributed by atoms with E-state index in [1.807, 2.05) is 54.6 Å². The second-order valence-electron chi connectivity index (χ2n) is 13.1. The van der Waals surface area contributed by atoms with Crippen LogP contribution in [0.4, 0.5) is 0 Å². The van der Waals surface area contributed by atoms with Crippen LogP contribution in [0.1, 0.15) is 0 Å². The van der Waals surface area contributed by atoms with Gasteiger partial charge in [0.1, 0.15) is 50.4 Å². The molecular formula is C45H24B5N3O. The maximum Gasteiger partial charge on any atom is 0.164 e. The summed E-state index contributed by atoms with van der Waals surface area (Å²) in [5, 5.41) is 1.97. The van der Waals surface area contributed by atoms with Crippen molar-refractivity contribution in [3.8, 4) is 67.5 Å². The molecule has 0 spiro atoms. The number of hydrogen-bond donors (Lipinski definition) is 0. The lowest BCUT2D eigenvalue weighted by Crippen LogP contribution is -2.55. The van der Waals surface area contributed by atoms with E-state index in [0.29, 0.717) is 28.4 Å². The number of hydrogen-bond acceptors (Lipinski definition) is 4. The molecule has 2 heterocycles. The summed E-state index contributed by atoms with van der Waals surface area (Å²) < 4.78 is 6.62. The zero-order valence-corrected chi connectivity index (χ0v) is 29.0. The molecule has 0 aliphatic carbocycles. The number of benzene rings is 7. The molecule has 7 aromatic carbocycles. The van der Waals surface area contributed by atoms with Crippen molar-refractivity contribution >= 4 is 88.5 Å². The zero-order chi connectivity index (χ0) is 36.9. The lowest BCUT2D eigenvalue weighted by molar-refractivity contribution is 0.670. The van der Waals surface area contributed by atoms with Gasteiger partial charge >= 0.3 is 0 Å². The van der Waals surface area contributed by atoms with E-state index < -0.39 is 0 Å². The van der Waals surface area contributed by atoms with Gasteiger partial charge in [-0.3, -0.25) is 0 Å². The molecule has 9 aromatic rings. The Hall–Kier alpha value is -6.33. The first-order valence-electron chi connectivity index (χ1n) is 17.4. The fourth-order valence-corrected chi connectivity index (χ4v) is 6.92. The highest BCUT2D eigenvalue weighted by molar-refractivity contribution is 6.68. The van der Waals surface area contributed by atoms with Crippen LogP contribution in [-0.2, 0) is 0 Å². The van der Waals surface area contributed by atoms with Crippen molar-refractivity contribution in [2.75, 3.05) is 0 Å². The van der Waals surface area contributed by atoms with Gasteiger partial charge in [0, 0.05) is 33.0 Å². The van der Waals surface area contributed by atoms with Gasteiger partial charge in [-0.15, -0.1) is 16.4 Å². The summed E-state index contributed by atoms with van der Waals surface area (Å²) >= 11 is 0. The van der Waals surface area contributed by atoms with E-state index in [1.165, 1.54) is 11.1 Å². The van der Waals surface area contributed by atoms with Crippen LogP contribution in [0.5, 0.6) is 0 Å². The maximum absolute atomic E-state index is 6.62. The van der Waals surface area contributed by atoms with Crippen LogP contribution in [0.15, 0.2) is 150 Å². The van der Waals surface area contributed by atoms with Crippen LogP contribution in [0.3, 0.4) is 0 Å². The Morgan fingerprint density at radius 1 is 0.352 bits per heavy atom. The number of aromatic nitrogens is 3. The predicted octanol–water partition coefficient (Wildman–Crippen LogP) is 5.74. The summed E-state index contributed by atoms with van der Waals surface area (Å²) in [5.41, 5.74) is 10.6. The number of nitrogens with zero attached hydrogens (tertiary/aromatic N) is 3. The molecule has 0 unspecified atom stereocenters. The molecule has 0 fully saturated rings. The standard InChI is InChI=1S/C45H24B5N3O/c46-37-36(38(47)40(49)41(50)39(37)48)45-52-43(30-10-5-2-6-11-30)51-44(53-45)31-22-23-33-34-13-7-12-32(42(34)54-35(33)24-31)29-20-18-28(19-21-29)27-16-14-26(15-17-27)25-8-3-1-4-9-25/h1-24H. The van der Waals surface area contributed by atoms with Crippen molar-refractivity contribution in [1.29, 1.82) is 0 Å². The van der Waals surface area contributed by atoms with Crippen LogP contribution < -0.4 is 27.3 Å². The van der Waals surface area contributed by atoms with Gasteiger partial charge in [-0.2, -0.15) is 0 Å². The molecule has 0 aliphatic rings. The normalized spacial score (nSPS) is 11.3. The Balaban J connectivity index is 1.11. The highest BCUT2D eigenvalue weighted by atomic mass is 16.3. The molecule has 0 amide bonds. The van der Waals surface area contributed by atoms with Crippen LogP contribution in [0.25, 0.3) is 89.5 Å². The molecule has 9 rings (SSSR count). The molecule has 54 heavy (non-hydrogen) atoms. The van der Waals surface area contributed by atoms with Gasteiger partial charge in [-0.25, -0.2) is 15.0 Å². The fourth-order valence-electron chi connectivity index (χ4n) is 6.92. The van der Waals surface area contributed by atoms with E-state index in [9.17, 15) is 0 Å². The summed E-state index contributed by atoms with van der Waals surface area (Å²) in [6.07, 6.45) is 0. The van der Waals surface area contributed by atoms with Crippen molar-refractivity contribution in [2.24, 2.45) is 0 Å². The molecular weight excluding hydrogens is 653 g/mol. The first-order valence-corrected chi connectivity index (χ1v) is 17.4. The minimum absolute atomic E-state index is 0.116. The van der Waals surface area contributed by atoms with Gasteiger partial charge in [-0.05, 0) is 39.9 Å². The monoisotopic (exact) mass is 677 g/mol. The highest BCUT2D eigenvalue weighted by Crippen LogP contribution is 2.38. The highest BCUT2D eigenvalue weighted by Gasteiger charge is 2.19. The maximum atomic E-state index is 6.62. The van der Waals surface area contributed by atoms with E-state index in [4.69, 9.17) is 58.6 Å². The van der Waals surface area contributed by atoms with Crippen molar-refractivity contribution in [3.05, 3.63) is 146 Å². The summed E-state index contributed by atoms with van der Waals surface area (Å²) in [4.78, 5) is 14.5. The van der Waals surface area contributed by atoms with Crippen molar-refractivity contribution in [2.45, 2.75) is 0 Å². The Kier molecular flexibility index (Phi) is 8.43. The fraction of sp³-hybridized carbons (Fsp3) is 0. The minimum Gasteiger partial charge on any atom is -0.455 e. The second-order valence-corrected chi connectivity index (χ2v) is 13.1. The van der Waals surface area contributed by atoms with E-state index >= 15 is 0 Å². The molecule has 240 valence electrons. The Labute approximate surface area is 319 Å². The Morgan fingerprint density at radius 3 is 1.41 bits per heavy atom. The van der Waals surface area contributed by atoms with Gasteiger partial charge in [0.05, 0.1) is 0 Å². The van der Waals surface area contributed by atoms with Gasteiger partial charge in [0.25, 0.3) is 0 Å². The van der Waals surface area contributed by atoms with Crippen LogP contribution >= 0.6 is 0 Å². The largest absolute Gasteiger partial charge is 0.455 e. The second kappa shape index (κ2) is 13.6. The summed E-state index contributed by atoms with van der Waals surface area (Å²) in [5.74, 6) is 1.03. The lowest BCUT2D eigenvalue weighted by atomic mass is 9.60. The number of para-hydroxylation sites is 1. The molecule has 0 atom stereocenters. The Bertz CT molecular complexity index is 2830. The van der Waals surface area contributed by atoms with Crippen LogP contribution in [0.2, 0.25) is 0 Å². The van der Waals surface area contributed by atoms with E-state index in [-0.39, 0.29) is 33.1 Å². The first kappa shape index (κ1) is 33.5. The summed E-state index contributed by atoms with van der Waals surface area (Å²) in [6, 6.07) is 49.3. The number of rotatable bonds is 6. The van der Waals surface area contributed by atoms with Crippen LogP contribution in [-0.4, -0.2) is 54.2 Å². The molecule has 0 saturated carbocycles. The van der Waals surface area contributed by atoms with Gasteiger partial charge in [0.2, 0.25) is 0 Å². The molecule has 0 N–H and O–H groups in total. The van der Waals surface area contributed by atoms with E-state index in [1.54, 1.807) is 0 Å². The number of furan rings is 1. The summed E-state index contributed by atoms with van der Waals surface area (Å²) in [6.45, 7) is 0. The average molecular weight is 677 g/mol. The van der Waals surface area contributed by atoms with Gasteiger partial charge < -0.3 is 4.42 Å². The topological polar surface area (TPSA) is 51.8 Å². The minimum atomic E-state index is 0.116. The van der Waals surface area contributed by atoms with Crippen molar-refractivity contribution < 1.29 is 4.42 Å². The SMILES string of the molecule is [B]c1c([B])c([B])c(-c2nc(-c3ccccc3)nc(-c3ccc4c(c3)oc3c(-c5ccc(-c6ccc(-c7ccccc7)cc6)cc5)cccc34)n2)c([B])c1[B]. The molecule has 10 radical (unpaired) electrons. The first-order chi connectivity index (χ1) is 26.3. The third kappa shape index (κ3) is 5.86. The predicted molar refractivity (Wildman–Crippen MR) is 227 cm³/mol. The molecule has 2 aromatic heterocycles. The third-order valence-corrected chi connectivity index (χ3v) is 9.87. The zero-order valence-electron chi connectivity index (χ0n) is 29.0. The van der Waals surface area contributed by atoms with E-state index in [2.05, 4.69) is 91.0 Å². The molecule has 9 heteroatoms. The van der Waals surface area contributed by atoms with Crippen molar-refractivity contribution in [1.82, 2.24) is 15.0 Å². The molecule has 0 aliphatic heterocycles. The molecule has 4 nitrogen and oxygen atoms in total. The van der Waals surface area contributed by atoms with Gasteiger partial charge in [-0.1, -0.05) is 144 Å². The molecule has 0 saturated heterocycles. The van der Waals surface area contributed by atoms with Crippen molar-refractivity contribution in [3.63, 3.8) is 0 Å². The smallest absolute Gasteiger partial charge is 0.164 e. The lowest BCUT2D eigenvalue weighted by Gasteiger charge is -2.20. The Morgan fingerprint density at radius 2 is 0.815 bits per heavy atom. The average Bonchev–Trinajstić information content (AvgIpc) is 3.61. The van der Waals surface area contributed by atoms with E-state index in [0.717, 1.165) is 44.2 Å². The van der Waals surface area contributed by atoms with Crippen LogP contribution in [0, 0.1) is 0 Å². The quantitative estimate of drug-likeness (QED) is 0.211. The number of fused-ring (bicyclic) bond motifs is 3.